The van der Waals surface area contributed by atoms with Crippen LogP contribution in [0.25, 0.3) is 0 Å². The molecule has 0 bridgehead atoms. The highest BCUT2D eigenvalue weighted by molar-refractivity contribution is 7.99. The van der Waals surface area contributed by atoms with Gasteiger partial charge in [-0.1, -0.05) is 32.9 Å². The maximum Gasteiger partial charge on any atom is 0.323 e. The Morgan fingerprint density at radius 3 is 2.43 bits per heavy atom. The topological polar surface area (TPSA) is 38.3 Å². The molecule has 0 spiro atoms. The van der Waals surface area contributed by atoms with E-state index in [2.05, 4.69) is 43.4 Å². The molecular weight excluding hydrogens is 282 g/mol. The van der Waals surface area contributed by atoms with E-state index >= 15 is 0 Å². The zero-order valence-corrected chi connectivity index (χ0v) is 14.3. The number of esters is 1. The zero-order chi connectivity index (χ0) is 15.7. The van der Waals surface area contributed by atoms with Crippen molar-refractivity contribution in [1.82, 2.24) is 5.32 Å². The van der Waals surface area contributed by atoms with E-state index in [1.807, 2.05) is 13.8 Å². The van der Waals surface area contributed by atoms with Gasteiger partial charge in [0.05, 0.1) is 6.61 Å². The molecule has 1 aromatic rings. The van der Waals surface area contributed by atoms with Crippen LogP contribution in [0.3, 0.4) is 0 Å². The van der Waals surface area contributed by atoms with Gasteiger partial charge in [-0.15, -0.1) is 11.8 Å². The number of likely N-dealkylation sites (N-methyl/N-ethyl adjacent to an activating group) is 1. The summed E-state index contributed by atoms with van der Waals surface area (Å²) in [6.07, 6.45) is 0.781. The molecule has 0 fully saturated rings. The Morgan fingerprint density at radius 1 is 1.24 bits per heavy atom. The summed E-state index contributed by atoms with van der Waals surface area (Å²) < 4.78 is 5.09. The molecule has 0 aliphatic heterocycles. The van der Waals surface area contributed by atoms with Gasteiger partial charge in [0.2, 0.25) is 0 Å². The van der Waals surface area contributed by atoms with E-state index in [0.29, 0.717) is 12.5 Å². The average molecular weight is 309 g/mol. The third-order valence-corrected chi connectivity index (χ3v) is 4.29. The number of ether oxygens (including phenoxy) is 1. The maximum absolute atomic E-state index is 11.8. The molecular formula is C17H27NO2S. The summed E-state index contributed by atoms with van der Waals surface area (Å²) in [6.45, 7) is 9.45. The minimum Gasteiger partial charge on any atom is -0.465 e. The van der Waals surface area contributed by atoms with Gasteiger partial charge in [-0.25, -0.2) is 0 Å². The molecule has 0 aromatic heterocycles. The third-order valence-electron chi connectivity index (χ3n) is 3.24. The monoisotopic (exact) mass is 309 g/mol. The van der Waals surface area contributed by atoms with Crippen LogP contribution in [-0.4, -0.2) is 30.9 Å². The van der Waals surface area contributed by atoms with Crippen LogP contribution >= 0.6 is 11.8 Å². The molecule has 0 saturated heterocycles. The summed E-state index contributed by atoms with van der Waals surface area (Å²) in [5.41, 5.74) is 1.36. The summed E-state index contributed by atoms with van der Waals surface area (Å²) in [5, 5.41) is 3.19. The molecule has 0 heterocycles. The van der Waals surface area contributed by atoms with Crippen LogP contribution in [0.4, 0.5) is 0 Å². The van der Waals surface area contributed by atoms with Gasteiger partial charge in [0.1, 0.15) is 6.04 Å². The van der Waals surface area contributed by atoms with Gasteiger partial charge in [0.25, 0.3) is 0 Å². The van der Waals surface area contributed by atoms with Crippen LogP contribution in [0.2, 0.25) is 0 Å². The first-order chi connectivity index (χ1) is 10.1. The van der Waals surface area contributed by atoms with E-state index in [9.17, 15) is 4.79 Å². The molecule has 0 amide bonds. The predicted molar refractivity (Wildman–Crippen MR) is 90.0 cm³/mol. The Labute approximate surface area is 132 Å². The molecule has 0 saturated carbocycles. The van der Waals surface area contributed by atoms with Crippen LogP contribution in [0.1, 0.15) is 45.6 Å². The Morgan fingerprint density at radius 2 is 1.90 bits per heavy atom. The largest absolute Gasteiger partial charge is 0.465 e. The highest BCUT2D eigenvalue weighted by atomic mass is 32.2. The van der Waals surface area contributed by atoms with Crippen molar-refractivity contribution in [3.05, 3.63) is 29.8 Å². The summed E-state index contributed by atoms with van der Waals surface area (Å²) >= 11 is 1.78. The lowest BCUT2D eigenvalue weighted by atomic mass is 10.0. The summed E-state index contributed by atoms with van der Waals surface area (Å²) in [6, 6.07) is 8.48. The zero-order valence-electron chi connectivity index (χ0n) is 13.5. The first kappa shape index (κ1) is 18.1. The van der Waals surface area contributed by atoms with E-state index in [4.69, 9.17) is 4.74 Å². The van der Waals surface area contributed by atoms with E-state index in [-0.39, 0.29) is 12.0 Å². The van der Waals surface area contributed by atoms with E-state index in [1.54, 1.807) is 11.8 Å². The van der Waals surface area contributed by atoms with Gasteiger partial charge in [-0.3, -0.25) is 4.79 Å². The van der Waals surface area contributed by atoms with Gasteiger partial charge < -0.3 is 10.1 Å². The van der Waals surface area contributed by atoms with Gasteiger partial charge in [-0.2, -0.15) is 0 Å². The number of hydrogen-bond donors (Lipinski definition) is 1. The highest BCUT2D eigenvalue weighted by Gasteiger charge is 2.17. The summed E-state index contributed by atoms with van der Waals surface area (Å²) in [7, 11) is 0. The quantitative estimate of drug-likeness (QED) is 0.556. The molecule has 0 aliphatic rings. The number of rotatable bonds is 9. The normalized spacial score (nSPS) is 12.4. The lowest BCUT2D eigenvalue weighted by molar-refractivity contribution is -0.145. The number of carbonyl (C=O) groups is 1. The fourth-order valence-corrected chi connectivity index (χ4v) is 2.95. The van der Waals surface area contributed by atoms with Crippen LogP contribution in [0.15, 0.2) is 29.2 Å². The van der Waals surface area contributed by atoms with Crippen molar-refractivity contribution < 1.29 is 9.53 Å². The van der Waals surface area contributed by atoms with Gasteiger partial charge in [0.15, 0.2) is 0 Å². The van der Waals surface area contributed by atoms with Crippen molar-refractivity contribution in [3.63, 3.8) is 0 Å². The van der Waals surface area contributed by atoms with Gasteiger partial charge in [0, 0.05) is 10.6 Å². The minimum absolute atomic E-state index is 0.143. The van der Waals surface area contributed by atoms with Crippen molar-refractivity contribution in [2.24, 2.45) is 0 Å². The second-order valence-corrected chi connectivity index (χ2v) is 6.39. The molecule has 1 atom stereocenters. The molecule has 0 aliphatic carbocycles. The second-order valence-electron chi connectivity index (χ2n) is 5.22. The van der Waals surface area contributed by atoms with E-state index in [1.165, 1.54) is 10.5 Å². The van der Waals surface area contributed by atoms with Crippen molar-refractivity contribution in [2.75, 3.05) is 18.9 Å². The SMILES string of the molecule is CCNC(CCSc1ccc(C(C)C)cc1)C(=O)OCC. The van der Waals surface area contributed by atoms with Crippen molar-refractivity contribution in [1.29, 1.82) is 0 Å². The first-order valence-corrected chi connectivity index (χ1v) is 8.69. The van der Waals surface area contributed by atoms with Crippen molar-refractivity contribution >= 4 is 17.7 Å². The Balaban J connectivity index is 2.44. The van der Waals surface area contributed by atoms with Gasteiger partial charge >= 0.3 is 5.97 Å². The molecule has 1 unspecified atom stereocenters. The molecule has 118 valence electrons. The lowest BCUT2D eigenvalue weighted by Crippen LogP contribution is -2.38. The van der Waals surface area contributed by atoms with Crippen molar-refractivity contribution in [3.8, 4) is 0 Å². The molecule has 4 heteroatoms. The third kappa shape index (κ3) is 6.53. The summed E-state index contributed by atoms with van der Waals surface area (Å²) in [5.74, 6) is 1.32. The van der Waals surface area contributed by atoms with Crippen molar-refractivity contribution in [2.45, 2.75) is 51.0 Å². The molecule has 3 nitrogen and oxygen atoms in total. The molecule has 1 N–H and O–H groups in total. The fraction of sp³-hybridized carbons (Fsp3) is 0.588. The lowest BCUT2D eigenvalue weighted by Gasteiger charge is -2.16. The summed E-state index contributed by atoms with van der Waals surface area (Å²) in [4.78, 5) is 13.0. The Kier molecular flexibility index (Phi) is 8.47. The number of thioether (sulfide) groups is 1. The molecule has 0 radical (unpaired) electrons. The minimum atomic E-state index is -0.197. The molecule has 1 rings (SSSR count). The number of carbonyl (C=O) groups excluding carboxylic acids is 1. The number of hydrogen-bond acceptors (Lipinski definition) is 4. The smallest absolute Gasteiger partial charge is 0.323 e. The fourth-order valence-electron chi connectivity index (χ4n) is 2.04. The predicted octanol–water partition coefficient (Wildman–Crippen LogP) is 3.83. The first-order valence-electron chi connectivity index (χ1n) is 7.71. The highest BCUT2D eigenvalue weighted by Crippen LogP contribution is 2.22. The van der Waals surface area contributed by atoms with E-state index in [0.717, 1.165) is 18.7 Å². The standard InChI is InChI=1S/C17H27NO2S/c1-5-18-16(17(19)20-6-2)11-12-21-15-9-7-14(8-10-15)13(3)4/h7-10,13,16,18H,5-6,11-12H2,1-4H3. The Hall–Kier alpha value is -1.00. The van der Waals surface area contributed by atoms with Crippen LogP contribution in [0.5, 0.6) is 0 Å². The van der Waals surface area contributed by atoms with E-state index < -0.39 is 0 Å². The van der Waals surface area contributed by atoms with Crippen LogP contribution in [-0.2, 0) is 9.53 Å². The molecule has 1 aromatic carbocycles. The van der Waals surface area contributed by atoms with Crippen LogP contribution in [0, 0.1) is 0 Å². The maximum atomic E-state index is 11.8. The number of benzene rings is 1. The average Bonchev–Trinajstić information content (AvgIpc) is 2.47. The van der Waals surface area contributed by atoms with Crippen LogP contribution < -0.4 is 5.32 Å². The second kappa shape index (κ2) is 9.85. The number of nitrogens with one attached hydrogen (secondary N) is 1. The van der Waals surface area contributed by atoms with Gasteiger partial charge in [-0.05, 0) is 43.5 Å². The molecule has 21 heavy (non-hydrogen) atoms. The Bertz CT molecular complexity index is 417.